The Morgan fingerprint density at radius 3 is 2.32 bits per heavy atom. The van der Waals surface area contributed by atoms with Gasteiger partial charge in [-0.05, 0) is 59.0 Å². The smallest absolute Gasteiger partial charge is 0.0507 e. The Kier molecular flexibility index (Phi) is 4.32. The Labute approximate surface area is 118 Å². The third kappa shape index (κ3) is 2.56. The van der Waals surface area contributed by atoms with Gasteiger partial charge in [0.05, 0.1) is 6.04 Å². The van der Waals surface area contributed by atoms with Crippen LogP contribution in [0, 0.1) is 13.8 Å². The molecule has 0 spiro atoms. The standard InChI is InChI=1S/C17H28N2/c1-13-8-9-14(2)15(12-13)16(18-3)17(19(4)5)10-6-7-11-17/h8-9,12,16,18H,6-7,10-11H2,1-5H3. The molecular weight excluding hydrogens is 232 g/mol. The van der Waals surface area contributed by atoms with E-state index in [1.807, 2.05) is 0 Å². The summed E-state index contributed by atoms with van der Waals surface area (Å²) in [6.45, 7) is 4.42. The summed E-state index contributed by atoms with van der Waals surface area (Å²) in [4.78, 5) is 2.45. The molecule has 2 nitrogen and oxygen atoms in total. The van der Waals surface area contributed by atoms with Gasteiger partial charge in [-0.2, -0.15) is 0 Å². The van der Waals surface area contributed by atoms with E-state index in [1.165, 1.54) is 42.4 Å². The predicted molar refractivity (Wildman–Crippen MR) is 82.6 cm³/mol. The maximum absolute atomic E-state index is 3.61. The molecule has 0 aliphatic heterocycles. The summed E-state index contributed by atoms with van der Waals surface area (Å²) in [5.74, 6) is 0. The van der Waals surface area contributed by atoms with Crippen LogP contribution in [-0.2, 0) is 0 Å². The second kappa shape index (κ2) is 5.64. The molecule has 0 bridgehead atoms. The van der Waals surface area contributed by atoms with Gasteiger partial charge in [-0.15, -0.1) is 0 Å². The number of rotatable bonds is 4. The van der Waals surface area contributed by atoms with Crippen molar-refractivity contribution in [3.8, 4) is 0 Å². The van der Waals surface area contributed by atoms with Gasteiger partial charge in [-0.3, -0.25) is 0 Å². The zero-order valence-corrected chi connectivity index (χ0v) is 13.1. The molecular formula is C17H28N2. The SMILES string of the molecule is CNC(c1cc(C)ccc1C)C1(N(C)C)CCCC1. The van der Waals surface area contributed by atoms with E-state index in [4.69, 9.17) is 0 Å². The van der Waals surface area contributed by atoms with Crippen molar-refractivity contribution in [2.75, 3.05) is 21.1 Å². The van der Waals surface area contributed by atoms with E-state index >= 15 is 0 Å². The van der Waals surface area contributed by atoms with Crippen molar-refractivity contribution in [3.63, 3.8) is 0 Å². The first-order valence-corrected chi connectivity index (χ1v) is 7.43. The summed E-state index contributed by atoms with van der Waals surface area (Å²) in [5.41, 5.74) is 4.50. The normalized spacial score (nSPS) is 19.9. The zero-order chi connectivity index (χ0) is 14.0. The molecule has 1 aliphatic carbocycles. The molecule has 106 valence electrons. The number of likely N-dealkylation sites (N-methyl/N-ethyl adjacent to an activating group) is 2. The van der Waals surface area contributed by atoms with E-state index in [0.717, 1.165) is 0 Å². The lowest BCUT2D eigenvalue weighted by atomic mass is 9.80. The highest BCUT2D eigenvalue weighted by Gasteiger charge is 2.43. The second-order valence-corrected chi connectivity index (χ2v) is 6.29. The quantitative estimate of drug-likeness (QED) is 0.892. The Morgan fingerprint density at radius 2 is 1.79 bits per heavy atom. The van der Waals surface area contributed by atoms with E-state index in [2.05, 4.69) is 63.4 Å². The summed E-state index contributed by atoms with van der Waals surface area (Å²) in [6, 6.07) is 7.25. The van der Waals surface area contributed by atoms with Gasteiger partial charge in [0.15, 0.2) is 0 Å². The molecule has 1 aromatic rings. The van der Waals surface area contributed by atoms with E-state index in [9.17, 15) is 0 Å². The van der Waals surface area contributed by atoms with Crippen LogP contribution in [0.3, 0.4) is 0 Å². The molecule has 1 fully saturated rings. The molecule has 19 heavy (non-hydrogen) atoms. The summed E-state index contributed by atoms with van der Waals surface area (Å²) in [7, 11) is 6.58. The van der Waals surface area contributed by atoms with Crippen LogP contribution >= 0.6 is 0 Å². The molecule has 0 saturated heterocycles. The first-order valence-electron chi connectivity index (χ1n) is 7.43. The van der Waals surface area contributed by atoms with Crippen LogP contribution in [0.1, 0.15) is 48.4 Å². The van der Waals surface area contributed by atoms with E-state index in [1.54, 1.807) is 0 Å². The molecule has 2 rings (SSSR count). The molecule has 0 aromatic heterocycles. The van der Waals surface area contributed by atoms with E-state index in [-0.39, 0.29) is 5.54 Å². The summed E-state index contributed by atoms with van der Waals surface area (Å²) < 4.78 is 0. The van der Waals surface area contributed by atoms with Crippen molar-refractivity contribution in [3.05, 3.63) is 34.9 Å². The fourth-order valence-corrected chi connectivity index (χ4v) is 3.77. The van der Waals surface area contributed by atoms with E-state index < -0.39 is 0 Å². The third-order valence-corrected chi connectivity index (χ3v) is 4.93. The average Bonchev–Trinajstić information content (AvgIpc) is 2.85. The summed E-state index contributed by atoms with van der Waals surface area (Å²) in [6.07, 6.45) is 5.28. The van der Waals surface area contributed by atoms with Crippen LogP contribution < -0.4 is 5.32 Å². The molecule has 1 saturated carbocycles. The van der Waals surface area contributed by atoms with Crippen molar-refractivity contribution in [1.82, 2.24) is 10.2 Å². The Balaban J connectivity index is 2.45. The van der Waals surface area contributed by atoms with Crippen LogP contribution in [0.2, 0.25) is 0 Å². The lowest BCUT2D eigenvalue weighted by Crippen LogP contribution is -2.51. The molecule has 1 aliphatic rings. The predicted octanol–water partition coefficient (Wildman–Crippen LogP) is 3.44. The fourth-order valence-electron chi connectivity index (χ4n) is 3.77. The van der Waals surface area contributed by atoms with Crippen LogP contribution in [0.25, 0.3) is 0 Å². The minimum absolute atomic E-state index is 0.271. The monoisotopic (exact) mass is 260 g/mol. The number of nitrogens with one attached hydrogen (secondary N) is 1. The van der Waals surface area contributed by atoms with Gasteiger partial charge in [-0.1, -0.05) is 36.6 Å². The Bertz CT molecular complexity index is 431. The van der Waals surface area contributed by atoms with E-state index in [0.29, 0.717) is 6.04 Å². The molecule has 0 radical (unpaired) electrons. The highest BCUT2D eigenvalue weighted by Crippen LogP contribution is 2.44. The van der Waals surface area contributed by atoms with Crippen LogP contribution in [0.15, 0.2) is 18.2 Å². The average molecular weight is 260 g/mol. The molecule has 1 atom stereocenters. The second-order valence-electron chi connectivity index (χ2n) is 6.29. The molecule has 0 heterocycles. The lowest BCUT2D eigenvalue weighted by Gasteiger charge is -2.44. The van der Waals surface area contributed by atoms with Crippen LogP contribution in [0.5, 0.6) is 0 Å². The van der Waals surface area contributed by atoms with Gasteiger partial charge in [0.25, 0.3) is 0 Å². The molecule has 0 amide bonds. The first kappa shape index (κ1) is 14.5. The minimum atomic E-state index is 0.271. The minimum Gasteiger partial charge on any atom is -0.311 e. The maximum Gasteiger partial charge on any atom is 0.0507 e. The van der Waals surface area contributed by atoms with Gasteiger partial charge >= 0.3 is 0 Å². The summed E-state index contributed by atoms with van der Waals surface area (Å²) in [5, 5.41) is 3.61. The molecule has 1 aromatic carbocycles. The number of aryl methyl sites for hydroxylation is 2. The number of hydrogen-bond donors (Lipinski definition) is 1. The number of hydrogen-bond acceptors (Lipinski definition) is 2. The number of benzene rings is 1. The topological polar surface area (TPSA) is 15.3 Å². The lowest BCUT2D eigenvalue weighted by molar-refractivity contribution is 0.108. The van der Waals surface area contributed by atoms with Gasteiger partial charge in [0.1, 0.15) is 0 Å². The van der Waals surface area contributed by atoms with Gasteiger partial charge in [0.2, 0.25) is 0 Å². The molecule has 2 heteroatoms. The van der Waals surface area contributed by atoms with Crippen LogP contribution in [0.4, 0.5) is 0 Å². The van der Waals surface area contributed by atoms with Crippen LogP contribution in [-0.4, -0.2) is 31.6 Å². The van der Waals surface area contributed by atoms with Crippen molar-refractivity contribution in [2.24, 2.45) is 0 Å². The van der Waals surface area contributed by atoms with Gasteiger partial charge < -0.3 is 10.2 Å². The largest absolute Gasteiger partial charge is 0.311 e. The van der Waals surface area contributed by atoms with Gasteiger partial charge in [0, 0.05) is 5.54 Å². The zero-order valence-electron chi connectivity index (χ0n) is 13.1. The van der Waals surface area contributed by atoms with Crippen molar-refractivity contribution in [2.45, 2.75) is 51.1 Å². The van der Waals surface area contributed by atoms with Crippen molar-refractivity contribution in [1.29, 1.82) is 0 Å². The van der Waals surface area contributed by atoms with Gasteiger partial charge in [-0.25, -0.2) is 0 Å². The fraction of sp³-hybridized carbons (Fsp3) is 0.647. The third-order valence-electron chi connectivity index (χ3n) is 4.93. The highest BCUT2D eigenvalue weighted by molar-refractivity contribution is 5.35. The Morgan fingerprint density at radius 1 is 1.16 bits per heavy atom. The van der Waals surface area contributed by atoms with Crippen molar-refractivity contribution >= 4 is 0 Å². The molecule has 1 unspecified atom stereocenters. The molecule has 1 N–H and O–H groups in total. The Hall–Kier alpha value is -0.860. The maximum atomic E-state index is 3.61. The number of nitrogens with zero attached hydrogens (tertiary/aromatic N) is 1. The first-order chi connectivity index (χ1) is 9.01. The van der Waals surface area contributed by atoms with Crippen molar-refractivity contribution < 1.29 is 0 Å². The highest BCUT2D eigenvalue weighted by atomic mass is 15.2. The summed E-state index contributed by atoms with van der Waals surface area (Å²) >= 11 is 0.